The molecule has 4 heteroatoms. The molecule has 4 nitrogen and oxygen atoms in total. The van der Waals surface area contributed by atoms with Gasteiger partial charge in [-0.3, -0.25) is 9.69 Å². The largest absolute Gasteiger partial charge is 0.481 e. The highest BCUT2D eigenvalue weighted by atomic mass is 16.4. The lowest BCUT2D eigenvalue weighted by Gasteiger charge is -2.30. The van der Waals surface area contributed by atoms with Crippen molar-refractivity contribution in [2.75, 3.05) is 6.54 Å². The number of carboxylic acids is 1. The molecule has 0 radical (unpaired) electrons. The van der Waals surface area contributed by atoms with Gasteiger partial charge in [0.05, 0.1) is 12.5 Å². The molecule has 1 rings (SSSR count). The van der Waals surface area contributed by atoms with Crippen molar-refractivity contribution in [1.82, 2.24) is 4.90 Å². The first-order valence-electron chi connectivity index (χ1n) is 5.21. The van der Waals surface area contributed by atoms with Crippen molar-refractivity contribution in [2.24, 2.45) is 0 Å². The molecular formula is C10H19NO3. The lowest BCUT2D eigenvalue weighted by atomic mass is 10.1. The minimum absolute atomic E-state index is 0.0471. The Morgan fingerprint density at radius 1 is 1.64 bits per heavy atom. The summed E-state index contributed by atoms with van der Waals surface area (Å²) < 4.78 is 0. The molecule has 14 heavy (non-hydrogen) atoms. The fourth-order valence-electron chi connectivity index (χ4n) is 2.07. The average Bonchev–Trinajstić information content (AvgIpc) is 2.46. The third kappa shape index (κ3) is 2.45. The number of carboxylic acid groups (broad SMARTS) is 1. The van der Waals surface area contributed by atoms with Gasteiger partial charge in [0.1, 0.15) is 0 Å². The van der Waals surface area contributed by atoms with Crippen molar-refractivity contribution in [1.29, 1.82) is 0 Å². The van der Waals surface area contributed by atoms with Crippen molar-refractivity contribution < 1.29 is 15.0 Å². The second-order valence-electron chi connectivity index (χ2n) is 4.02. The minimum Gasteiger partial charge on any atom is -0.481 e. The monoisotopic (exact) mass is 201 g/mol. The van der Waals surface area contributed by atoms with Gasteiger partial charge in [0, 0.05) is 18.6 Å². The zero-order valence-corrected chi connectivity index (χ0v) is 8.81. The number of carbonyl (C=O) groups is 1. The molecule has 0 bridgehead atoms. The molecule has 0 spiro atoms. The van der Waals surface area contributed by atoms with Crippen LogP contribution in [0.15, 0.2) is 0 Å². The summed E-state index contributed by atoms with van der Waals surface area (Å²) in [7, 11) is 0. The first-order chi connectivity index (χ1) is 6.56. The lowest BCUT2D eigenvalue weighted by Crippen LogP contribution is -2.42. The highest BCUT2D eigenvalue weighted by Gasteiger charge is 2.36. The van der Waals surface area contributed by atoms with Crippen LogP contribution in [0.3, 0.4) is 0 Å². The van der Waals surface area contributed by atoms with E-state index in [2.05, 4.69) is 18.7 Å². The van der Waals surface area contributed by atoms with Crippen molar-refractivity contribution in [2.45, 2.75) is 51.3 Å². The second-order valence-corrected chi connectivity index (χ2v) is 4.02. The van der Waals surface area contributed by atoms with Gasteiger partial charge in [-0.05, 0) is 19.8 Å². The number of likely N-dealkylation sites (tertiary alicyclic amines) is 1. The Bertz CT molecular complexity index is 208. The van der Waals surface area contributed by atoms with Crippen molar-refractivity contribution in [3.05, 3.63) is 0 Å². The molecule has 1 heterocycles. The van der Waals surface area contributed by atoms with Crippen LogP contribution in [0.1, 0.15) is 33.1 Å². The molecule has 1 aliphatic heterocycles. The van der Waals surface area contributed by atoms with Crippen LogP contribution in [0.25, 0.3) is 0 Å². The summed E-state index contributed by atoms with van der Waals surface area (Å²) in [6.45, 7) is 4.97. The van der Waals surface area contributed by atoms with Crippen molar-refractivity contribution in [3.8, 4) is 0 Å². The number of nitrogens with zero attached hydrogens (tertiary/aromatic N) is 1. The molecule has 1 aliphatic rings. The van der Waals surface area contributed by atoms with Crippen LogP contribution in [0.2, 0.25) is 0 Å². The van der Waals surface area contributed by atoms with Crippen molar-refractivity contribution in [3.63, 3.8) is 0 Å². The molecule has 2 N–H and O–H groups in total. The van der Waals surface area contributed by atoms with Crippen LogP contribution in [-0.4, -0.2) is 45.8 Å². The zero-order chi connectivity index (χ0) is 10.7. The van der Waals surface area contributed by atoms with Crippen LogP contribution >= 0.6 is 0 Å². The number of aliphatic hydroxyl groups is 1. The fraction of sp³-hybridized carbons (Fsp3) is 0.900. The Kier molecular flexibility index (Phi) is 3.89. The summed E-state index contributed by atoms with van der Waals surface area (Å²) in [5, 5.41) is 18.4. The zero-order valence-electron chi connectivity index (χ0n) is 8.81. The van der Waals surface area contributed by atoms with Gasteiger partial charge < -0.3 is 10.2 Å². The van der Waals surface area contributed by atoms with E-state index in [0.29, 0.717) is 12.5 Å². The normalized spacial score (nSPS) is 30.5. The van der Waals surface area contributed by atoms with Crippen molar-refractivity contribution >= 4 is 5.97 Å². The Morgan fingerprint density at radius 2 is 2.29 bits per heavy atom. The Hall–Kier alpha value is -0.610. The second kappa shape index (κ2) is 4.75. The topological polar surface area (TPSA) is 60.8 Å². The predicted molar refractivity (Wildman–Crippen MR) is 53.1 cm³/mol. The number of rotatable bonds is 4. The summed E-state index contributed by atoms with van der Waals surface area (Å²) in [6.07, 6.45) is 1.26. The van der Waals surface area contributed by atoms with Gasteiger partial charge in [0.15, 0.2) is 0 Å². The summed E-state index contributed by atoms with van der Waals surface area (Å²) >= 11 is 0. The number of aliphatic carboxylic acids is 1. The third-order valence-corrected chi connectivity index (χ3v) is 3.09. The first kappa shape index (κ1) is 11.5. The van der Waals surface area contributed by atoms with Crippen LogP contribution in [0.4, 0.5) is 0 Å². The molecule has 0 aromatic heterocycles. The van der Waals surface area contributed by atoms with Gasteiger partial charge in [0.25, 0.3) is 0 Å². The quantitative estimate of drug-likeness (QED) is 0.702. The third-order valence-electron chi connectivity index (χ3n) is 3.09. The molecule has 0 saturated carbocycles. The van der Waals surface area contributed by atoms with Gasteiger partial charge in [-0.2, -0.15) is 0 Å². The highest BCUT2D eigenvalue weighted by molar-refractivity contribution is 5.67. The van der Waals surface area contributed by atoms with Crippen LogP contribution < -0.4 is 0 Å². The molecule has 1 fully saturated rings. The molecule has 0 aromatic carbocycles. The van der Waals surface area contributed by atoms with E-state index in [1.165, 1.54) is 0 Å². The molecular weight excluding hydrogens is 182 g/mol. The molecule has 82 valence electrons. The van der Waals surface area contributed by atoms with E-state index in [1.807, 2.05) is 0 Å². The first-order valence-corrected chi connectivity index (χ1v) is 5.21. The van der Waals surface area contributed by atoms with Crippen LogP contribution in [0, 0.1) is 0 Å². The Balaban J connectivity index is 2.61. The standard InChI is InChI=1S/C10H19NO3/c1-3-7(2)11-5-4-9(12)8(11)6-10(13)14/h7-9,12H,3-6H2,1-2H3,(H,13,14)/t7?,8-,9-/m1/s1. The van der Waals surface area contributed by atoms with E-state index in [9.17, 15) is 9.90 Å². The highest BCUT2D eigenvalue weighted by Crippen LogP contribution is 2.24. The van der Waals surface area contributed by atoms with E-state index >= 15 is 0 Å². The lowest BCUT2D eigenvalue weighted by molar-refractivity contribution is -0.139. The number of aliphatic hydroxyl groups excluding tert-OH is 1. The number of hydrogen-bond acceptors (Lipinski definition) is 3. The van der Waals surface area contributed by atoms with Gasteiger partial charge in [-0.1, -0.05) is 6.92 Å². The summed E-state index contributed by atoms with van der Waals surface area (Å²) in [5.74, 6) is -0.829. The predicted octanol–water partition coefficient (Wildman–Crippen LogP) is 0.695. The maximum Gasteiger partial charge on any atom is 0.305 e. The molecule has 1 saturated heterocycles. The van der Waals surface area contributed by atoms with E-state index in [0.717, 1.165) is 13.0 Å². The Labute approximate surface area is 84.5 Å². The molecule has 0 aromatic rings. The fourth-order valence-corrected chi connectivity index (χ4v) is 2.07. The molecule has 0 amide bonds. The van der Waals surface area contributed by atoms with Gasteiger partial charge >= 0.3 is 5.97 Å². The van der Waals surface area contributed by atoms with E-state index in [4.69, 9.17) is 5.11 Å². The van der Waals surface area contributed by atoms with Gasteiger partial charge in [-0.15, -0.1) is 0 Å². The van der Waals surface area contributed by atoms with Crippen LogP contribution in [-0.2, 0) is 4.79 Å². The average molecular weight is 201 g/mol. The molecule has 3 atom stereocenters. The SMILES string of the molecule is CCC(C)N1CC[C@@H](O)[C@H]1CC(=O)O. The Morgan fingerprint density at radius 3 is 2.79 bits per heavy atom. The number of hydrogen-bond donors (Lipinski definition) is 2. The van der Waals surface area contributed by atoms with E-state index in [-0.39, 0.29) is 12.5 Å². The maximum atomic E-state index is 10.6. The van der Waals surface area contributed by atoms with E-state index in [1.54, 1.807) is 0 Å². The smallest absolute Gasteiger partial charge is 0.305 e. The minimum atomic E-state index is -0.829. The van der Waals surface area contributed by atoms with Gasteiger partial charge in [-0.25, -0.2) is 0 Å². The molecule has 1 unspecified atom stereocenters. The van der Waals surface area contributed by atoms with Gasteiger partial charge in [0.2, 0.25) is 0 Å². The summed E-state index contributed by atoms with van der Waals surface area (Å²) in [6, 6.07) is 0.166. The van der Waals surface area contributed by atoms with E-state index < -0.39 is 12.1 Å². The van der Waals surface area contributed by atoms with Crippen LogP contribution in [0.5, 0.6) is 0 Å². The summed E-state index contributed by atoms with van der Waals surface area (Å²) in [4.78, 5) is 12.7. The maximum absolute atomic E-state index is 10.6. The molecule has 0 aliphatic carbocycles. The summed E-state index contributed by atoms with van der Waals surface area (Å²) in [5.41, 5.74) is 0.